The third-order valence-electron chi connectivity index (χ3n) is 5.70. The number of nitrogens with one attached hydrogen (secondary N) is 1. The number of hydrogen-bond donors (Lipinski definition) is 1. The van der Waals surface area contributed by atoms with Gasteiger partial charge in [0.25, 0.3) is 5.91 Å². The molecule has 0 radical (unpaired) electrons. The fourth-order valence-corrected chi connectivity index (χ4v) is 3.98. The molecule has 3 heterocycles. The van der Waals surface area contributed by atoms with E-state index < -0.39 is 0 Å². The van der Waals surface area contributed by atoms with Gasteiger partial charge in [0.15, 0.2) is 0 Å². The molecule has 1 saturated carbocycles. The Morgan fingerprint density at radius 3 is 2.59 bits per heavy atom. The Bertz CT molecular complexity index is 761. The highest BCUT2D eigenvalue weighted by molar-refractivity contribution is 5.93. The molecule has 2 aromatic heterocycles. The number of anilines is 1. The van der Waals surface area contributed by atoms with Gasteiger partial charge >= 0.3 is 0 Å². The van der Waals surface area contributed by atoms with E-state index >= 15 is 0 Å². The number of piperidine rings is 1. The van der Waals surface area contributed by atoms with Gasteiger partial charge in [0.05, 0.1) is 0 Å². The van der Waals surface area contributed by atoms with E-state index in [1.807, 2.05) is 6.07 Å². The van der Waals surface area contributed by atoms with Gasteiger partial charge < -0.3 is 10.2 Å². The molecule has 0 atom stereocenters. The molecule has 0 unspecified atom stereocenters. The van der Waals surface area contributed by atoms with Gasteiger partial charge in [-0.15, -0.1) is 0 Å². The minimum atomic E-state index is -0.100. The van der Waals surface area contributed by atoms with Gasteiger partial charge in [0.1, 0.15) is 17.8 Å². The van der Waals surface area contributed by atoms with Crippen LogP contribution in [0, 0.1) is 5.92 Å². The molecule has 1 saturated heterocycles. The van der Waals surface area contributed by atoms with Crippen molar-refractivity contribution in [1.82, 2.24) is 24.8 Å². The van der Waals surface area contributed by atoms with E-state index in [2.05, 4.69) is 27.1 Å². The molecular weight excluding hydrogens is 340 g/mol. The van der Waals surface area contributed by atoms with Gasteiger partial charge in [-0.1, -0.05) is 6.92 Å². The highest BCUT2D eigenvalue weighted by atomic mass is 16.1. The molecular formula is C20H28N6O. The summed E-state index contributed by atoms with van der Waals surface area (Å²) >= 11 is 0. The lowest BCUT2D eigenvalue weighted by molar-refractivity contribution is 0.0917. The highest BCUT2D eigenvalue weighted by Crippen LogP contribution is 2.24. The Balaban J connectivity index is 1.58. The summed E-state index contributed by atoms with van der Waals surface area (Å²) in [5.41, 5.74) is 0.438. The van der Waals surface area contributed by atoms with Crippen LogP contribution < -0.4 is 10.2 Å². The molecule has 7 heteroatoms. The van der Waals surface area contributed by atoms with Crippen molar-refractivity contribution in [1.29, 1.82) is 0 Å². The largest absolute Gasteiger partial charge is 0.356 e. The van der Waals surface area contributed by atoms with Gasteiger partial charge in [-0.2, -0.15) is 4.98 Å². The van der Waals surface area contributed by atoms with E-state index in [0.717, 1.165) is 50.5 Å². The molecule has 2 aromatic rings. The first-order chi connectivity index (χ1) is 13.2. The van der Waals surface area contributed by atoms with Crippen molar-refractivity contribution in [2.45, 2.75) is 57.9 Å². The second-order valence-electron chi connectivity index (χ2n) is 7.86. The summed E-state index contributed by atoms with van der Waals surface area (Å²) in [5, 5.41) is 3.19. The van der Waals surface area contributed by atoms with Gasteiger partial charge in [-0.3, -0.25) is 9.36 Å². The van der Waals surface area contributed by atoms with Crippen molar-refractivity contribution in [2.24, 2.45) is 5.92 Å². The lowest BCUT2D eigenvalue weighted by Gasteiger charge is -2.29. The van der Waals surface area contributed by atoms with E-state index in [4.69, 9.17) is 4.98 Å². The number of imidazole rings is 1. The molecule has 1 aliphatic heterocycles. The van der Waals surface area contributed by atoms with Crippen LogP contribution in [0.2, 0.25) is 0 Å². The van der Waals surface area contributed by atoms with E-state index in [1.165, 1.54) is 19.3 Å². The molecule has 0 aromatic carbocycles. The van der Waals surface area contributed by atoms with Crippen LogP contribution in [0.15, 0.2) is 24.8 Å². The van der Waals surface area contributed by atoms with Crippen LogP contribution in [0.5, 0.6) is 0 Å². The predicted molar refractivity (Wildman–Crippen MR) is 104 cm³/mol. The summed E-state index contributed by atoms with van der Waals surface area (Å²) in [6, 6.07) is 2.09. The summed E-state index contributed by atoms with van der Waals surface area (Å²) in [4.78, 5) is 28.5. The zero-order valence-electron chi connectivity index (χ0n) is 16.0. The molecule has 144 valence electrons. The van der Waals surface area contributed by atoms with Crippen LogP contribution in [0.25, 0.3) is 5.95 Å². The Hall–Kier alpha value is -2.44. The molecule has 7 nitrogen and oxygen atoms in total. The number of aromatic nitrogens is 4. The number of carbonyl (C=O) groups excluding carboxylic acids is 1. The number of carbonyl (C=O) groups is 1. The number of hydrogen-bond acceptors (Lipinski definition) is 5. The summed E-state index contributed by atoms with van der Waals surface area (Å²) in [6.45, 7) is 4.23. The minimum absolute atomic E-state index is 0.100. The fraction of sp³-hybridized carbons (Fsp3) is 0.600. The lowest BCUT2D eigenvalue weighted by atomic mass is 9.87. The van der Waals surface area contributed by atoms with E-state index in [0.29, 0.717) is 11.6 Å². The van der Waals surface area contributed by atoms with Gasteiger partial charge in [-0.05, 0) is 50.9 Å². The van der Waals surface area contributed by atoms with E-state index in [-0.39, 0.29) is 11.9 Å². The van der Waals surface area contributed by atoms with Crippen LogP contribution in [-0.4, -0.2) is 44.6 Å². The van der Waals surface area contributed by atoms with Crippen LogP contribution in [0.4, 0.5) is 5.82 Å². The SMILES string of the molecule is CC1CCC(NC(=O)c2cc(N3CCCCC3)nc(-n3ccnc3)n2)CC1. The third-order valence-corrected chi connectivity index (χ3v) is 5.70. The molecule has 0 bridgehead atoms. The molecule has 27 heavy (non-hydrogen) atoms. The Morgan fingerprint density at radius 2 is 1.89 bits per heavy atom. The first-order valence-corrected chi connectivity index (χ1v) is 10.1. The number of amides is 1. The number of nitrogens with zero attached hydrogens (tertiary/aromatic N) is 5. The molecule has 1 aliphatic carbocycles. The Labute approximate surface area is 160 Å². The molecule has 2 aliphatic rings. The van der Waals surface area contributed by atoms with Gasteiger partial charge in [-0.25, -0.2) is 9.97 Å². The second-order valence-corrected chi connectivity index (χ2v) is 7.86. The summed E-state index contributed by atoms with van der Waals surface area (Å²) in [6.07, 6.45) is 13.2. The van der Waals surface area contributed by atoms with Crippen LogP contribution in [0.3, 0.4) is 0 Å². The molecule has 1 amide bonds. The van der Waals surface area contributed by atoms with Crippen molar-refractivity contribution in [2.75, 3.05) is 18.0 Å². The van der Waals surface area contributed by atoms with Gasteiger partial charge in [0, 0.05) is 37.6 Å². The quantitative estimate of drug-likeness (QED) is 0.898. The average Bonchev–Trinajstić information content (AvgIpc) is 3.25. The van der Waals surface area contributed by atoms with E-state index in [1.54, 1.807) is 23.3 Å². The smallest absolute Gasteiger partial charge is 0.270 e. The first kappa shape index (κ1) is 17.9. The molecule has 1 N–H and O–H groups in total. The summed E-state index contributed by atoms with van der Waals surface area (Å²) in [7, 11) is 0. The standard InChI is InChI=1S/C20H28N6O/c1-15-5-7-16(8-6-15)22-19(27)17-13-18(25-10-3-2-4-11-25)24-20(23-17)26-12-9-21-14-26/h9,12-16H,2-8,10-11H2,1H3,(H,22,27). The van der Waals surface area contributed by atoms with E-state index in [9.17, 15) is 4.79 Å². The molecule has 0 spiro atoms. The average molecular weight is 368 g/mol. The van der Waals surface area contributed by atoms with Crippen LogP contribution >= 0.6 is 0 Å². The van der Waals surface area contributed by atoms with Crippen molar-refractivity contribution in [3.8, 4) is 5.95 Å². The normalized spacial score (nSPS) is 23.2. The Kier molecular flexibility index (Phi) is 5.36. The minimum Gasteiger partial charge on any atom is -0.356 e. The Morgan fingerprint density at radius 1 is 1.11 bits per heavy atom. The van der Waals surface area contributed by atoms with Gasteiger partial charge in [0.2, 0.25) is 5.95 Å². The lowest BCUT2D eigenvalue weighted by Crippen LogP contribution is -2.38. The zero-order valence-corrected chi connectivity index (χ0v) is 16.0. The third kappa shape index (κ3) is 4.28. The topological polar surface area (TPSA) is 75.9 Å². The summed E-state index contributed by atoms with van der Waals surface area (Å²) in [5.74, 6) is 1.99. The predicted octanol–water partition coefficient (Wildman–Crippen LogP) is 2.96. The monoisotopic (exact) mass is 368 g/mol. The molecule has 2 fully saturated rings. The maximum Gasteiger partial charge on any atom is 0.270 e. The maximum atomic E-state index is 12.9. The maximum absolute atomic E-state index is 12.9. The fourth-order valence-electron chi connectivity index (χ4n) is 3.98. The molecule has 4 rings (SSSR count). The van der Waals surface area contributed by atoms with Crippen molar-refractivity contribution in [3.63, 3.8) is 0 Å². The van der Waals surface area contributed by atoms with Crippen LogP contribution in [-0.2, 0) is 0 Å². The highest BCUT2D eigenvalue weighted by Gasteiger charge is 2.23. The second kappa shape index (κ2) is 8.06. The van der Waals surface area contributed by atoms with Crippen molar-refractivity contribution in [3.05, 3.63) is 30.5 Å². The number of rotatable bonds is 4. The van der Waals surface area contributed by atoms with Crippen molar-refractivity contribution < 1.29 is 4.79 Å². The van der Waals surface area contributed by atoms with Crippen LogP contribution in [0.1, 0.15) is 62.4 Å². The zero-order chi connectivity index (χ0) is 18.6. The summed E-state index contributed by atoms with van der Waals surface area (Å²) < 4.78 is 1.76. The first-order valence-electron chi connectivity index (χ1n) is 10.1. The van der Waals surface area contributed by atoms with Crippen molar-refractivity contribution >= 4 is 11.7 Å².